The van der Waals surface area contributed by atoms with Crippen molar-refractivity contribution in [3.63, 3.8) is 0 Å². The number of fused-ring (bicyclic) bond motifs is 1. The van der Waals surface area contributed by atoms with Crippen molar-refractivity contribution in [3.05, 3.63) is 59.7 Å². The first-order valence-corrected chi connectivity index (χ1v) is 7.75. The lowest BCUT2D eigenvalue weighted by Crippen LogP contribution is -2.49. The van der Waals surface area contributed by atoms with E-state index in [0.717, 1.165) is 5.56 Å². The van der Waals surface area contributed by atoms with Gasteiger partial charge in [-0.1, -0.05) is 24.3 Å². The van der Waals surface area contributed by atoms with E-state index < -0.39 is 6.10 Å². The van der Waals surface area contributed by atoms with Crippen LogP contribution in [0.2, 0.25) is 0 Å². The van der Waals surface area contributed by atoms with Gasteiger partial charge in [-0.25, -0.2) is 0 Å². The smallest absolute Gasteiger partial charge is 0.267 e. The van der Waals surface area contributed by atoms with Crippen LogP contribution in [0.1, 0.15) is 18.1 Å². The van der Waals surface area contributed by atoms with Gasteiger partial charge in [0.05, 0.1) is 11.6 Å². The van der Waals surface area contributed by atoms with Crippen LogP contribution in [-0.2, 0) is 11.3 Å². The molecule has 0 radical (unpaired) electrons. The van der Waals surface area contributed by atoms with Crippen molar-refractivity contribution in [1.82, 2.24) is 4.90 Å². The van der Waals surface area contributed by atoms with E-state index in [1.165, 1.54) is 0 Å². The highest BCUT2D eigenvalue weighted by Gasteiger charge is 2.35. The molecule has 0 bridgehead atoms. The number of para-hydroxylation sites is 2. The normalized spacial score (nSPS) is 18.5. The molecule has 0 spiro atoms. The molecule has 2 atom stereocenters. The second-order valence-electron chi connectivity index (χ2n) is 5.81. The predicted molar refractivity (Wildman–Crippen MR) is 88.6 cm³/mol. The van der Waals surface area contributed by atoms with Crippen molar-refractivity contribution in [1.29, 1.82) is 5.26 Å². The van der Waals surface area contributed by atoms with Gasteiger partial charge in [-0.2, -0.15) is 5.26 Å². The Kier molecular flexibility index (Phi) is 4.39. The van der Waals surface area contributed by atoms with Crippen molar-refractivity contribution in [2.24, 2.45) is 0 Å². The van der Waals surface area contributed by atoms with Crippen LogP contribution in [0.5, 0.6) is 11.5 Å². The Hall–Kier alpha value is -3.00. The molecule has 1 aliphatic rings. The molecular formula is C19H18N2O3. The lowest BCUT2D eigenvalue weighted by molar-refractivity contribution is -0.143. The van der Waals surface area contributed by atoms with E-state index >= 15 is 0 Å². The molecule has 0 aliphatic carbocycles. The van der Waals surface area contributed by atoms with E-state index in [9.17, 15) is 4.79 Å². The lowest BCUT2D eigenvalue weighted by atomic mass is 10.1. The van der Waals surface area contributed by atoms with Crippen LogP contribution in [0.15, 0.2) is 48.5 Å². The maximum Gasteiger partial charge on any atom is 0.267 e. The Morgan fingerprint density at radius 1 is 1.17 bits per heavy atom. The summed E-state index contributed by atoms with van der Waals surface area (Å²) in [6.45, 7) is 2.23. The summed E-state index contributed by atoms with van der Waals surface area (Å²) in [7, 11) is 1.72. The molecule has 0 unspecified atom stereocenters. The number of ether oxygens (including phenoxy) is 2. The summed E-state index contributed by atoms with van der Waals surface area (Å²) >= 11 is 0. The van der Waals surface area contributed by atoms with Crippen LogP contribution in [0.25, 0.3) is 0 Å². The average molecular weight is 322 g/mol. The molecule has 1 aliphatic heterocycles. The summed E-state index contributed by atoms with van der Waals surface area (Å²) in [5.74, 6) is 1.08. The molecule has 122 valence electrons. The molecule has 1 heterocycles. The maximum atomic E-state index is 12.7. The number of carbonyl (C=O) groups is 1. The van der Waals surface area contributed by atoms with Gasteiger partial charge in [0.25, 0.3) is 5.91 Å². The number of hydrogen-bond acceptors (Lipinski definition) is 4. The summed E-state index contributed by atoms with van der Waals surface area (Å²) in [5, 5.41) is 8.97. The largest absolute Gasteiger partial charge is 0.482 e. The summed E-state index contributed by atoms with van der Waals surface area (Å²) < 4.78 is 11.6. The second-order valence-corrected chi connectivity index (χ2v) is 5.81. The first-order valence-electron chi connectivity index (χ1n) is 7.75. The molecule has 0 saturated carbocycles. The van der Waals surface area contributed by atoms with Crippen molar-refractivity contribution < 1.29 is 14.3 Å². The summed E-state index contributed by atoms with van der Waals surface area (Å²) in [6, 6.07) is 16.6. The number of rotatable bonds is 3. The van der Waals surface area contributed by atoms with E-state index in [-0.39, 0.29) is 12.0 Å². The number of likely N-dealkylation sites (N-methyl/N-ethyl adjacent to an activating group) is 1. The van der Waals surface area contributed by atoms with Crippen molar-refractivity contribution in [2.75, 3.05) is 7.05 Å². The minimum absolute atomic E-state index is 0.153. The molecule has 3 rings (SSSR count). The SMILES string of the molecule is C[C@@H]1Oc2ccccc2O[C@@H]1C(=O)N(C)Cc1cccc(C#N)c1. The second kappa shape index (κ2) is 6.63. The third-order valence-electron chi connectivity index (χ3n) is 3.94. The summed E-state index contributed by atoms with van der Waals surface area (Å²) in [4.78, 5) is 14.3. The third kappa shape index (κ3) is 3.18. The van der Waals surface area contributed by atoms with Crippen molar-refractivity contribution in [3.8, 4) is 17.6 Å². The number of nitriles is 1. The molecule has 24 heavy (non-hydrogen) atoms. The Balaban J connectivity index is 1.73. The summed E-state index contributed by atoms with van der Waals surface area (Å²) in [6.07, 6.45) is -1.07. The minimum atomic E-state index is -0.691. The van der Waals surface area contributed by atoms with E-state index in [4.69, 9.17) is 14.7 Å². The molecule has 2 aromatic rings. The topological polar surface area (TPSA) is 62.6 Å². The number of hydrogen-bond donors (Lipinski definition) is 0. The molecule has 0 N–H and O–H groups in total. The number of nitrogens with zero attached hydrogens (tertiary/aromatic N) is 2. The van der Waals surface area contributed by atoms with Gasteiger partial charge in [-0.3, -0.25) is 4.79 Å². The van der Waals surface area contributed by atoms with Gasteiger partial charge in [0, 0.05) is 13.6 Å². The highest BCUT2D eigenvalue weighted by Crippen LogP contribution is 2.33. The van der Waals surface area contributed by atoms with Gasteiger partial charge in [0.1, 0.15) is 6.10 Å². The van der Waals surface area contributed by atoms with Crippen molar-refractivity contribution >= 4 is 5.91 Å². The Morgan fingerprint density at radius 2 is 1.88 bits per heavy atom. The quantitative estimate of drug-likeness (QED) is 0.872. The van der Waals surface area contributed by atoms with Crippen LogP contribution >= 0.6 is 0 Å². The monoisotopic (exact) mass is 322 g/mol. The highest BCUT2D eigenvalue weighted by atomic mass is 16.6. The molecule has 5 heteroatoms. The molecular weight excluding hydrogens is 304 g/mol. The van der Waals surface area contributed by atoms with Gasteiger partial charge in [-0.15, -0.1) is 0 Å². The zero-order chi connectivity index (χ0) is 17.1. The van der Waals surface area contributed by atoms with Crippen LogP contribution in [0, 0.1) is 11.3 Å². The Bertz CT molecular complexity index is 797. The Labute approximate surface area is 141 Å². The Morgan fingerprint density at radius 3 is 2.58 bits per heavy atom. The molecule has 0 saturated heterocycles. The number of carbonyl (C=O) groups excluding carboxylic acids is 1. The number of amides is 1. The fourth-order valence-corrected chi connectivity index (χ4v) is 2.70. The van der Waals surface area contributed by atoms with Gasteiger partial charge < -0.3 is 14.4 Å². The van der Waals surface area contributed by atoms with Crippen molar-refractivity contribution in [2.45, 2.75) is 25.7 Å². The number of benzene rings is 2. The van der Waals surface area contributed by atoms with E-state index in [1.807, 2.05) is 37.3 Å². The lowest BCUT2D eigenvalue weighted by Gasteiger charge is -2.33. The fraction of sp³-hybridized carbons (Fsp3) is 0.263. The predicted octanol–water partition coefficient (Wildman–Crippen LogP) is 2.75. The van der Waals surface area contributed by atoms with E-state index in [1.54, 1.807) is 30.1 Å². The zero-order valence-corrected chi connectivity index (χ0v) is 13.6. The first kappa shape index (κ1) is 15.9. The third-order valence-corrected chi connectivity index (χ3v) is 3.94. The fourth-order valence-electron chi connectivity index (χ4n) is 2.70. The first-order chi connectivity index (χ1) is 11.6. The molecule has 0 aromatic heterocycles. The standard InChI is InChI=1S/C19H18N2O3/c1-13-18(24-17-9-4-3-8-16(17)23-13)19(22)21(2)12-15-7-5-6-14(10-15)11-20/h3-10,13,18H,12H2,1-2H3/t13-,18-/m0/s1. The van der Waals surface area contributed by atoms with E-state index in [2.05, 4.69) is 6.07 Å². The van der Waals surface area contributed by atoms with Crippen LogP contribution in [-0.4, -0.2) is 30.1 Å². The molecule has 5 nitrogen and oxygen atoms in total. The average Bonchev–Trinajstić information content (AvgIpc) is 2.60. The zero-order valence-electron chi connectivity index (χ0n) is 13.6. The highest BCUT2D eigenvalue weighted by molar-refractivity contribution is 5.82. The van der Waals surface area contributed by atoms with Gasteiger partial charge in [0.15, 0.2) is 11.5 Å². The van der Waals surface area contributed by atoms with Crippen LogP contribution in [0.4, 0.5) is 0 Å². The maximum absolute atomic E-state index is 12.7. The van der Waals surface area contributed by atoms with Crippen LogP contribution in [0.3, 0.4) is 0 Å². The van der Waals surface area contributed by atoms with Crippen LogP contribution < -0.4 is 9.47 Å². The molecule has 1 amide bonds. The minimum Gasteiger partial charge on any atom is -0.482 e. The van der Waals surface area contributed by atoms with Gasteiger partial charge in [-0.05, 0) is 36.8 Å². The molecule has 0 fully saturated rings. The van der Waals surface area contributed by atoms with Gasteiger partial charge in [0.2, 0.25) is 6.10 Å². The summed E-state index contributed by atoms with van der Waals surface area (Å²) in [5.41, 5.74) is 1.47. The van der Waals surface area contributed by atoms with Gasteiger partial charge >= 0.3 is 0 Å². The molecule has 2 aromatic carbocycles. The van der Waals surface area contributed by atoms with E-state index in [0.29, 0.717) is 23.6 Å².